The van der Waals surface area contributed by atoms with E-state index in [9.17, 15) is 4.79 Å². The molecule has 3 aromatic rings. The second kappa shape index (κ2) is 8.56. The number of hydrogen-bond acceptors (Lipinski definition) is 4. The van der Waals surface area contributed by atoms with Crippen LogP contribution < -0.4 is 9.33 Å². The molecule has 0 bridgehead atoms. The van der Waals surface area contributed by atoms with Crippen molar-refractivity contribution < 1.29 is 14.0 Å². The zero-order valence-electron chi connectivity index (χ0n) is 20.7. The minimum absolute atomic E-state index is 0.163. The Hall–Kier alpha value is -2.31. The molecule has 0 saturated heterocycles. The van der Waals surface area contributed by atoms with Crippen LogP contribution in [0, 0.1) is 0 Å². The van der Waals surface area contributed by atoms with Gasteiger partial charge in [0.25, 0.3) is 0 Å². The van der Waals surface area contributed by atoms with Crippen LogP contribution in [-0.4, -0.2) is 27.1 Å². The molecule has 0 aliphatic heterocycles. The van der Waals surface area contributed by atoms with Gasteiger partial charge in [-0.15, -0.1) is 11.3 Å². The summed E-state index contributed by atoms with van der Waals surface area (Å²) >= 11 is 1.76. The lowest BCUT2D eigenvalue weighted by Crippen LogP contribution is -2.43. The van der Waals surface area contributed by atoms with Crippen molar-refractivity contribution >= 4 is 41.5 Å². The SMILES string of the molecule is CN(C(=O)OC(C)(C)C)c1ccc(-c2cc3ccc(O[Si](C)(C)C(C)(C)C)cc3s2)cc1. The number of thiophene rings is 1. The van der Waals surface area contributed by atoms with Crippen molar-refractivity contribution in [2.45, 2.75) is 65.3 Å². The molecular formula is C26H35NO3SSi. The molecule has 0 aliphatic rings. The van der Waals surface area contributed by atoms with Crippen molar-refractivity contribution in [1.29, 1.82) is 0 Å². The molecule has 0 saturated carbocycles. The molecule has 3 rings (SSSR count). The molecule has 0 spiro atoms. The molecule has 0 radical (unpaired) electrons. The number of anilines is 1. The normalized spacial score (nSPS) is 12.7. The number of hydrogen-bond donors (Lipinski definition) is 0. The van der Waals surface area contributed by atoms with Crippen molar-refractivity contribution in [2.75, 3.05) is 11.9 Å². The third-order valence-corrected chi connectivity index (χ3v) is 11.4. The van der Waals surface area contributed by atoms with E-state index in [1.165, 1.54) is 19.9 Å². The van der Waals surface area contributed by atoms with E-state index in [1.807, 2.05) is 45.0 Å². The summed E-state index contributed by atoms with van der Waals surface area (Å²) in [6.45, 7) is 16.9. The summed E-state index contributed by atoms with van der Waals surface area (Å²) in [6, 6.07) is 16.6. The summed E-state index contributed by atoms with van der Waals surface area (Å²) in [7, 11) is -0.141. The van der Waals surface area contributed by atoms with Gasteiger partial charge in [-0.3, -0.25) is 4.90 Å². The Morgan fingerprint density at radius 1 is 0.938 bits per heavy atom. The first kappa shape index (κ1) is 24.3. The molecule has 0 N–H and O–H groups in total. The average molecular weight is 470 g/mol. The molecule has 0 fully saturated rings. The zero-order valence-corrected chi connectivity index (χ0v) is 22.5. The summed E-state index contributed by atoms with van der Waals surface area (Å²) in [6.07, 6.45) is -0.360. The van der Waals surface area contributed by atoms with Crippen molar-refractivity contribution in [1.82, 2.24) is 0 Å². The Morgan fingerprint density at radius 3 is 2.12 bits per heavy atom. The van der Waals surface area contributed by atoms with E-state index < -0.39 is 13.9 Å². The van der Waals surface area contributed by atoms with Gasteiger partial charge in [0.2, 0.25) is 8.32 Å². The molecule has 6 heteroatoms. The number of rotatable bonds is 4. The van der Waals surface area contributed by atoms with E-state index in [4.69, 9.17) is 9.16 Å². The standard InChI is InChI=1S/C26H35NO3SSi/c1-25(2,3)29-24(28)27(7)20-13-10-18(11-14-20)22-16-19-12-15-21(17-23(19)31-22)30-32(8,9)26(4,5)6/h10-17H,1-9H3. The van der Waals surface area contributed by atoms with Gasteiger partial charge in [0.1, 0.15) is 11.4 Å². The van der Waals surface area contributed by atoms with E-state index in [0.29, 0.717) is 0 Å². The molecule has 172 valence electrons. The van der Waals surface area contributed by atoms with Crippen LogP contribution in [0.15, 0.2) is 48.5 Å². The maximum Gasteiger partial charge on any atom is 0.414 e. The topological polar surface area (TPSA) is 38.8 Å². The van der Waals surface area contributed by atoms with Crippen molar-refractivity contribution in [3.8, 4) is 16.2 Å². The highest BCUT2D eigenvalue weighted by molar-refractivity contribution is 7.22. The third-order valence-electron chi connectivity index (χ3n) is 5.88. The first-order valence-electron chi connectivity index (χ1n) is 11.0. The Kier molecular flexibility index (Phi) is 6.51. The van der Waals surface area contributed by atoms with Gasteiger partial charge in [-0.1, -0.05) is 32.9 Å². The van der Waals surface area contributed by atoms with Crippen molar-refractivity contribution in [3.63, 3.8) is 0 Å². The van der Waals surface area contributed by atoms with Gasteiger partial charge in [0.15, 0.2) is 0 Å². The Bertz CT molecular complexity index is 1100. The smallest absolute Gasteiger partial charge is 0.414 e. The molecule has 1 heterocycles. The van der Waals surface area contributed by atoms with E-state index >= 15 is 0 Å². The maximum atomic E-state index is 12.3. The monoisotopic (exact) mass is 469 g/mol. The second-order valence-corrected chi connectivity index (χ2v) is 16.6. The van der Waals surface area contributed by atoms with Gasteiger partial charge in [0, 0.05) is 22.3 Å². The number of fused-ring (bicyclic) bond motifs is 1. The molecule has 1 aromatic heterocycles. The van der Waals surface area contributed by atoms with Crippen LogP contribution in [0.2, 0.25) is 18.1 Å². The number of carbonyl (C=O) groups excluding carboxylic acids is 1. The molecule has 0 aliphatic carbocycles. The van der Waals surface area contributed by atoms with Crippen LogP contribution in [-0.2, 0) is 4.74 Å². The summed E-state index contributed by atoms with van der Waals surface area (Å²) in [4.78, 5) is 15.0. The van der Waals surface area contributed by atoms with Crippen LogP contribution in [0.4, 0.5) is 10.5 Å². The molecular weight excluding hydrogens is 434 g/mol. The third kappa shape index (κ3) is 5.53. The zero-order chi connectivity index (χ0) is 23.9. The van der Waals surface area contributed by atoms with Gasteiger partial charge in [-0.25, -0.2) is 4.79 Å². The van der Waals surface area contributed by atoms with Gasteiger partial charge >= 0.3 is 6.09 Å². The van der Waals surface area contributed by atoms with Crippen LogP contribution in [0.1, 0.15) is 41.5 Å². The van der Waals surface area contributed by atoms with Gasteiger partial charge in [0.05, 0.1) is 0 Å². The summed E-state index contributed by atoms with van der Waals surface area (Å²) < 4.78 is 13.2. The molecule has 0 unspecified atom stereocenters. The number of amides is 1. The van der Waals surface area contributed by atoms with E-state index in [0.717, 1.165) is 17.0 Å². The number of nitrogens with zero attached hydrogens (tertiary/aromatic N) is 1. The molecule has 2 aromatic carbocycles. The highest BCUT2D eigenvalue weighted by Gasteiger charge is 2.39. The first-order chi connectivity index (χ1) is 14.7. The number of carbonyl (C=O) groups is 1. The molecule has 32 heavy (non-hydrogen) atoms. The fraction of sp³-hybridized carbons (Fsp3) is 0.423. The maximum absolute atomic E-state index is 12.3. The summed E-state index contributed by atoms with van der Waals surface area (Å²) in [5.41, 5.74) is 1.41. The van der Waals surface area contributed by atoms with Crippen LogP contribution in [0.3, 0.4) is 0 Å². The molecule has 0 atom stereocenters. The summed E-state index contributed by atoms with van der Waals surface area (Å²) in [5, 5.41) is 1.37. The largest absolute Gasteiger partial charge is 0.543 e. The number of benzene rings is 2. The quantitative estimate of drug-likeness (QED) is 0.361. The number of ether oxygens (including phenoxy) is 1. The highest BCUT2D eigenvalue weighted by Crippen LogP contribution is 2.40. The molecule has 4 nitrogen and oxygen atoms in total. The Labute approximate surface area is 197 Å². The predicted molar refractivity (Wildman–Crippen MR) is 140 cm³/mol. The van der Waals surface area contributed by atoms with Gasteiger partial charge in [-0.05, 0) is 86.3 Å². The van der Waals surface area contributed by atoms with Crippen molar-refractivity contribution in [3.05, 3.63) is 48.5 Å². The van der Waals surface area contributed by atoms with E-state index in [1.54, 1.807) is 18.4 Å². The van der Waals surface area contributed by atoms with Gasteiger partial charge in [-0.2, -0.15) is 0 Å². The lowest BCUT2D eigenvalue weighted by Gasteiger charge is -2.36. The minimum Gasteiger partial charge on any atom is -0.543 e. The van der Waals surface area contributed by atoms with E-state index in [-0.39, 0.29) is 11.1 Å². The van der Waals surface area contributed by atoms with Gasteiger partial charge < -0.3 is 9.16 Å². The van der Waals surface area contributed by atoms with E-state index in [2.05, 4.69) is 58.1 Å². The fourth-order valence-corrected chi connectivity index (χ4v) is 5.07. The highest BCUT2D eigenvalue weighted by atomic mass is 32.1. The van der Waals surface area contributed by atoms with Crippen LogP contribution in [0.25, 0.3) is 20.5 Å². The minimum atomic E-state index is -1.87. The first-order valence-corrected chi connectivity index (χ1v) is 14.7. The lowest BCUT2D eigenvalue weighted by molar-refractivity contribution is 0.0589. The molecule has 1 amide bonds. The summed E-state index contributed by atoms with van der Waals surface area (Å²) in [5.74, 6) is 0.951. The average Bonchev–Trinajstić information content (AvgIpc) is 3.08. The Morgan fingerprint density at radius 2 is 1.56 bits per heavy atom. The van der Waals surface area contributed by atoms with Crippen LogP contribution >= 0.6 is 11.3 Å². The lowest BCUT2D eigenvalue weighted by atomic mass is 10.1. The fourth-order valence-electron chi connectivity index (χ4n) is 2.95. The van der Waals surface area contributed by atoms with Crippen molar-refractivity contribution in [2.24, 2.45) is 0 Å². The second-order valence-electron chi connectivity index (χ2n) is 10.8. The predicted octanol–water partition coefficient (Wildman–Crippen LogP) is 8.32. The van der Waals surface area contributed by atoms with Crippen LogP contribution in [0.5, 0.6) is 5.75 Å². The Balaban J connectivity index is 1.80.